The summed E-state index contributed by atoms with van der Waals surface area (Å²) in [4.78, 5) is 16.4. The highest BCUT2D eigenvalue weighted by Gasteiger charge is 2.44. The summed E-state index contributed by atoms with van der Waals surface area (Å²) in [5.41, 5.74) is -0.224. The van der Waals surface area contributed by atoms with Crippen molar-refractivity contribution in [2.24, 2.45) is 0 Å². The monoisotopic (exact) mass is 230 g/mol. The molecule has 1 aromatic rings. The first-order valence-electron chi connectivity index (χ1n) is 4.76. The number of halogens is 1. The van der Waals surface area contributed by atoms with Crippen LogP contribution in [0, 0.1) is 0 Å². The summed E-state index contributed by atoms with van der Waals surface area (Å²) in [6, 6.07) is 0. The Morgan fingerprint density at radius 2 is 2.38 bits per heavy atom. The van der Waals surface area contributed by atoms with E-state index in [0.717, 1.165) is 0 Å². The average molecular weight is 230 g/mol. The molecule has 4 atom stereocenters. The van der Waals surface area contributed by atoms with Gasteiger partial charge in [-0.3, -0.25) is 0 Å². The first-order chi connectivity index (χ1) is 7.63. The van der Waals surface area contributed by atoms with Crippen LogP contribution in [-0.2, 0) is 4.74 Å². The minimum atomic E-state index is -1.65. The van der Waals surface area contributed by atoms with Crippen molar-refractivity contribution in [2.75, 3.05) is 6.61 Å². The van der Waals surface area contributed by atoms with Crippen LogP contribution in [0.1, 0.15) is 11.7 Å². The number of alkyl halides is 1. The number of hydrogen-bond donors (Lipinski definition) is 3. The Bertz CT molecular complexity index is 404. The second kappa shape index (κ2) is 4.28. The number of aliphatic hydroxyl groups excluding tert-OH is 2. The number of aliphatic hydroxyl groups is 2. The molecular weight excluding hydrogens is 219 g/mol. The number of nitrogens with one attached hydrogen (secondary N) is 1. The smallest absolute Gasteiger partial charge is 0.344 e. The fraction of sp³-hybridized carbons (Fsp3) is 0.556. The molecule has 2 heterocycles. The fourth-order valence-electron chi connectivity index (χ4n) is 1.65. The molecule has 6 nitrogen and oxygen atoms in total. The number of rotatable bonds is 2. The number of aromatic nitrogens is 2. The standard InChI is InChI=1S/C9H11FN2O4/c10-6-7(14)5(3-13)16-8(6)4-1-11-9(15)12-2-4/h1-2,5-8,13-14H,3H2,(H,11,12,15). The predicted octanol–water partition coefficient (Wildman–Crippen LogP) is -1.10. The molecule has 1 saturated heterocycles. The van der Waals surface area contributed by atoms with Crippen LogP contribution < -0.4 is 5.69 Å². The molecule has 16 heavy (non-hydrogen) atoms. The van der Waals surface area contributed by atoms with Gasteiger partial charge in [0.1, 0.15) is 18.3 Å². The summed E-state index contributed by atoms with van der Waals surface area (Å²) in [6.07, 6.45) is -2.53. The maximum absolute atomic E-state index is 13.6. The van der Waals surface area contributed by atoms with Gasteiger partial charge in [0.15, 0.2) is 6.17 Å². The average Bonchev–Trinajstić information content (AvgIpc) is 2.57. The van der Waals surface area contributed by atoms with Crippen molar-refractivity contribution in [3.63, 3.8) is 0 Å². The van der Waals surface area contributed by atoms with E-state index in [9.17, 15) is 14.3 Å². The molecule has 2 rings (SSSR count). The Morgan fingerprint density at radius 3 is 2.88 bits per heavy atom. The van der Waals surface area contributed by atoms with Crippen molar-refractivity contribution in [1.29, 1.82) is 0 Å². The minimum Gasteiger partial charge on any atom is -0.394 e. The molecule has 7 heteroatoms. The SMILES string of the molecule is O=c1ncc(C2OC(CO)C(O)C2F)c[nH]1. The van der Waals surface area contributed by atoms with E-state index in [-0.39, 0.29) is 0 Å². The Balaban J connectivity index is 2.22. The summed E-state index contributed by atoms with van der Waals surface area (Å²) in [5.74, 6) is 0. The third kappa shape index (κ3) is 1.84. The zero-order valence-electron chi connectivity index (χ0n) is 8.21. The van der Waals surface area contributed by atoms with Crippen LogP contribution >= 0.6 is 0 Å². The summed E-state index contributed by atoms with van der Waals surface area (Å²) < 4.78 is 18.7. The molecule has 0 aliphatic carbocycles. The maximum Gasteiger partial charge on any atom is 0.344 e. The highest BCUT2D eigenvalue weighted by molar-refractivity contribution is 5.13. The van der Waals surface area contributed by atoms with E-state index in [1.165, 1.54) is 12.4 Å². The van der Waals surface area contributed by atoms with Gasteiger partial charge in [0.2, 0.25) is 0 Å². The van der Waals surface area contributed by atoms with Crippen molar-refractivity contribution >= 4 is 0 Å². The minimum absolute atomic E-state index is 0.321. The first-order valence-corrected chi connectivity index (χ1v) is 4.76. The first kappa shape index (κ1) is 11.2. The molecule has 3 N–H and O–H groups in total. The molecular formula is C9H11FN2O4. The largest absolute Gasteiger partial charge is 0.394 e. The van der Waals surface area contributed by atoms with E-state index >= 15 is 0 Å². The van der Waals surface area contributed by atoms with Gasteiger partial charge >= 0.3 is 5.69 Å². The van der Waals surface area contributed by atoms with Crippen LogP contribution in [0.5, 0.6) is 0 Å². The Labute approximate surface area is 89.7 Å². The van der Waals surface area contributed by atoms with Crippen LogP contribution in [0.15, 0.2) is 17.2 Å². The lowest BCUT2D eigenvalue weighted by Gasteiger charge is -2.11. The molecule has 0 amide bonds. The third-order valence-electron chi connectivity index (χ3n) is 2.52. The van der Waals surface area contributed by atoms with Gasteiger partial charge in [-0.15, -0.1) is 0 Å². The molecule has 1 aliphatic rings. The molecule has 0 saturated carbocycles. The Kier molecular flexibility index (Phi) is 2.99. The molecule has 4 unspecified atom stereocenters. The maximum atomic E-state index is 13.6. The van der Waals surface area contributed by atoms with E-state index in [1.54, 1.807) is 0 Å². The number of aromatic amines is 1. The van der Waals surface area contributed by atoms with E-state index in [1.807, 2.05) is 0 Å². The van der Waals surface area contributed by atoms with E-state index in [2.05, 4.69) is 9.97 Å². The molecule has 1 fully saturated rings. The van der Waals surface area contributed by atoms with Crippen molar-refractivity contribution in [3.8, 4) is 0 Å². The van der Waals surface area contributed by atoms with Crippen LogP contribution in [-0.4, -0.2) is 45.2 Å². The van der Waals surface area contributed by atoms with Crippen molar-refractivity contribution < 1.29 is 19.3 Å². The number of H-pyrrole nitrogens is 1. The van der Waals surface area contributed by atoms with E-state index in [0.29, 0.717) is 5.56 Å². The third-order valence-corrected chi connectivity index (χ3v) is 2.52. The number of ether oxygens (including phenoxy) is 1. The molecule has 1 aromatic heterocycles. The molecule has 0 spiro atoms. The second-order valence-electron chi connectivity index (χ2n) is 3.56. The van der Waals surface area contributed by atoms with E-state index in [4.69, 9.17) is 9.84 Å². The van der Waals surface area contributed by atoms with Gasteiger partial charge in [-0.05, 0) is 0 Å². The molecule has 1 aliphatic heterocycles. The quantitative estimate of drug-likeness (QED) is 0.599. The van der Waals surface area contributed by atoms with Gasteiger partial charge in [-0.2, -0.15) is 0 Å². The summed E-state index contributed by atoms with van der Waals surface area (Å²) >= 11 is 0. The lowest BCUT2D eigenvalue weighted by molar-refractivity contribution is -0.0227. The van der Waals surface area contributed by atoms with Crippen molar-refractivity contribution in [1.82, 2.24) is 9.97 Å². The van der Waals surface area contributed by atoms with Gasteiger partial charge in [0.25, 0.3) is 0 Å². The Morgan fingerprint density at radius 1 is 1.62 bits per heavy atom. The van der Waals surface area contributed by atoms with Crippen LogP contribution in [0.25, 0.3) is 0 Å². The number of nitrogens with zero attached hydrogens (tertiary/aromatic N) is 1. The van der Waals surface area contributed by atoms with Crippen LogP contribution in [0.4, 0.5) is 4.39 Å². The van der Waals surface area contributed by atoms with E-state index < -0.39 is 36.8 Å². The zero-order chi connectivity index (χ0) is 11.7. The van der Waals surface area contributed by atoms with Gasteiger partial charge in [-0.1, -0.05) is 0 Å². The normalized spacial score (nSPS) is 34.2. The number of hydrogen-bond acceptors (Lipinski definition) is 5. The molecule has 0 aromatic carbocycles. The topological polar surface area (TPSA) is 95.4 Å². The van der Waals surface area contributed by atoms with Gasteiger partial charge < -0.3 is 19.9 Å². The molecule has 88 valence electrons. The summed E-state index contributed by atoms with van der Waals surface area (Å²) in [6.45, 7) is -0.463. The van der Waals surface area contributed by atoms with Crippen LogP contribution in [0.2, 0.25) is 0 Å². The van der Waals surface area contributed by atoms with Gasteiger partial charge in [0.05, 0.1) is 6.61 Å². The highest BCUT2D eigenvalue weighted by Crippen LogP contribution is 2.34. The second-order valence-corrected chi connectivity index (χ2v) is 3.56. The summed E-state index contributed by atoms with van der Waals surface area (Å²) in [5, 5.41) is 18.2. The predicted molar refractivity (Wildman–Crippen MR) is 50.5 cm³/mol. The molecule has 0 radical (unpaired) electrons. The summed E-state index contributed by atoms with van der Waals surface area (Å²) in [7, 11) is 0. The zero-order valence-corrected chi connectivity index (χ0v) is 8.21. The fourth-order valence-corrected chi connectivity index (χ4v) is 1.65. The molecule has 0 bridgehead atoms. The lowest BCUT2D eigenvalue weighted by atomic mass is 10.1. The van der Waals surface area contributed by atoms with Crippen molar-refractivity contribution in [3.05, 3.63) is 28.4 Å². The Hall–Kier alpha value is -1.31. The van der Waals surface area contributed by atoms with Gasteiger partial charge in [0, 0.05) is 18.0 Å². The van der Waals surface area contributed by atoms with Crippen LogP contribution in [0.3, 0.4) is 0 Å². The van der Waals surface area contributed by atoms with Gasteiger partial charge in [-0.25, -0.2) is 14.2 Å². The highest BCUT2D eigenvalue weighted by atomic mass is 19.1. The lowest BCUT2D eigenvalue weighted by Crippen LogP contribution is -2.30. The van der Waals surface area contributed by atoms with Crippen molar-refractivity contribution in [2.45, 2.75) is 24.5 Å².